The van der Waals surface area contributed by atoms with E-state index in [4.69, 9.17) is 10.7 Å². The molecule has 0 amide bonds. The first-order chi connectivity index (χ1) is 9.84. The number of aromatic nitrogens is 3. The molecule has 2 fully saturated rings. The van der Waals surface area contributed by atoms with E-state index >= 15 is 0 Å². The van der Waals surface area contributed by atoms with Gasteiger partial charge in [0.15, 0.2) is 5.65 Å². The number of nitrogens with two attached hydrogens (primary N) is 1. The Balaban J connectivity index is 1.76. The zero-order valence-corrected chi connectivity index (χ0v) is 11.8. The molecule has 1 atom stereocenters. The van der Waals surface area contributed by atoms with Gasteiger partial charge in [0.05, 0.1) is 6.04 Å². The van der Waals surface area contributed by atoms with Crippen molar-refractivity contribution in [3.63, 3.8) is 0 Å². The zero-order valence-electron chi connectivity index (χ0n) is 11.8. The molecule has 0 radical (unpaired) electrons. The molecule has 2 aliphatic carbocycles. The Hall–Kier alpha value is -1.42. The second-order valence-electron chi connectivity index (χ2n) is 6.34. The van der Waals surface area contributed by atoms with Gasteiger partial charge < -0.3 is 10.3 Å². The number of imidazole rings is 1. The summed E-state index contributed by atoms with van der Waals surface area (Å²) in [6, 6.07) is 4.67. The van der Waals surface area contributed by atoms with Gasteiger partial charge in [-0.25, -0.2) is 9.97 Å². The van der Waals surface area contributed by atoms with Crippen LogP contribution < -0.4 is 5.73 Å². The molecule has 4 rings (SSSR count). The first-order valence-electron chi connectivity index (χ1n) is 7.93. The maximum atomic E-state index is 6.59. The van der Waals surface area contributed by atoms with Crippen LogP contribution in [-0.4, -0.2) is 14.5 Å². The van der Waals surface area contributed by atoms with Crippen molar-refractivity contribution in [2.75, 3.05) is 0 Å². The molecule has 20 heavy (non-hydrogen) atoms. The standard InChI is InChI=1S/C16H22N4/c17-14(11-5-2-1-3-6-11)16-19-13-7-4-10-18-15(13)20(16)12-8-9-12/h4,7,10-12,14H,1-3,5-6,8-9,17H2. The lowest BCUT2D eigenvalue weighted by Gasteiger charge is -2.27. The summed E-state index contributed by atoms with van der Waals surface area (Å²) in [6.07, 6.45) is 10.9. The van der Waals surface area contributed by atoms with Crippen LogP contribution in [0.2, 0.25) is 0 Å². The molecule has 2 saturated carbocycles. The summed E-state index contributed by atoms with van der Waals surface area (Å²) in [6.45, 7) is 0. The zero-order chi connectivity index (χ0) is 13.5. The molecule has 0 aromatic carbocycles. The molecule has 4 nitrogen and oxygen atoms in total. The summed E-state index contributed by atoms with van der Waals surface area (Å²) >= 11 is 0. The molecule has 2 aromatic rings. The third-order valence-electron chi connectivity index (χ3n) is 4.84. The van der Waals surface area contributed by atoms with Crippen molar-refractivity contribution in [2.45, 2.75) is 57.0 Å². The lowest BCUT2D eigenvalue weighted by molar-refractivity contribution is 0.296. The molecule has 106 valence electrons. The van der Waals surface area contributed by atoms with Crippen LogP contribution in [0.4, 0.5) is 0 Å². The first-order valence-corrected chi connectivity index (χ1v) is 7.93. The Labute approximate surface area is 119 Å². The van der Waals surface area contributed by atoms with Gasteiger partial charge in [0.2, 0.25) is 0 Å². The van der Waals surface area contributed by atoms with Crippen LogP contribution in [0.25, 0.3) is 11.2 Å². The van der Waals surface area contributed by atoms with Gasteiger partial charge in [0.1, 0.15) is 11.3 Å². The Bertz CT molecular complexity index is 608. The molecule has 2 heterocycles. The summed E-state index contributed by atoms with van der Waals surface area (Å²) in [5.41, 5.74) is 8.61. The smallest absolute Gasteiger partial charge is 0.160 e. The van der Waals surface area contributed by atoms with E-state index in [9.17, 15) is 0 Å². The lowest BCUT2D eigenvalue weighted by Crippen LogP contribution is -2.26. The maximum Gasteiger partial charge on any atom is 0.160 e. The van der Waals surface area contributed by atoms with Crippen LogP contribution >= 0.6 is 0 Å². The second kappa shape index (κ2) is 4.85. The van der Waals surface area contributed by atoms with E-state index < -0.39 is 0 Å². The van der Waals surface area contributed by atoms with Crippen LogP contribution in [0.5, 0.6) is 0 Å². The normalized spacial score (nSPS) is 22.2. The van der Waals surface area contributed by atoms with E-state index in [0.717, 1.165) is 17.0 Å². The molecule has 0 saturated heterocycles. The summed E-state index contributed by atoms with van der Waals surface area (Å²) in [5.74, 6) is 1.67. The highest BCUT2D eigenvalue weighted by atomic mass is 15.2. The third-order valence-corrected chi connectivity index (χ3v) is 4.84. The quantitative estimate of drug-likeness (QED) is 0.930. The Kier molecular flexibility index (Phi) is 2.99. The number of nitrogens with zero attached hydrogens (tertiary/aromatic N) is 3. The summed E-state index contributed by atoms with van der Waals surface area (Å²) < 4.78 is 2.33. The second-order valence-corrected chi connectivity index (χ2v) is 6.34. The van der Waals surface area contributed by atoms with E-state index in [-0.39, 0.29) is 6.04 Å². The van der Waals surface area contributed by atoms with Crippen LogP contribution in [0.3, 0.4) is 0 Å². The van der Waals surface area contributed by atoms with E-state index in [1.54, 1.807) is 0 Å². The minimum atomic E-state index is 0.0742. The fourth-order valence-corrected chi connectivity index (χ4v) is 3.58. The van der Waals surface area contributed by atoms with Crippen molar-refractivity contribution in [2.24, 2.45) is 11.7 Å². The van der Waals surface area contributed by atoms with Crippen LogP contribution in [0.15, 0.2) is 18.3 Å². The third kappa shape index (κ3) is 2.03. The van der Waals surface area contributed by atoms with Crippen molar-refractivity contribution >= 4 is 11.2 Å². The van der Waals surface area contributed by atoms with Crippen LogP contribution in [0, 0.1) is 5.92 Å². The van der Waals surface area contributed by atoms with Gasteiger partial charge in [0.25, 0.3) is 0 Å². The molecule has 4 heteroatoms. The molecule has 2 aliphatic rings. The molecule has 0 spiro atoms. The Morgan fingerprint density at radius 1 is 1.15 bits per heavy atom. The van der Waals surface area contributed by atoms with Crippen molar-refractivity contribution in [1.82, 2.24) is 14.5 Å². The van der Waals surface area contributed by atoms with Gasteiger partial charge in [-0.05, 0) is 43.7 Å². The van der Waals surface area contributed by atoms with Gasteiger partial charge in [-0.15, -0.1) is 0 Å². The molecular weight excluding hydrogens is 248 g/mol. The number of pyridine rings is 1. The number of hydrogen-bond acceptors (Lipinski definition) is 3. The van der Waals surface area contributed by atoms with Crippen molar-refractivity contribution in [3.05, 3.63) is 24.2 Å². The molecule has 2 N–H and O–H groups in total. The van der Waals surface area contributed by atoms with E-state index in [0.29, 0.717) is 12.0 Å². The average molecular weight is 270 g/mol. The number of fused-ring (bicyclic) bond motifs is 1. The predicted octanol–water partition coefficient (Wildman–Crippen LogP) is 3.35. The summed E-state index contributed by atoms with van der Waals surface area (Å²) in [5, 5.41) is 0. The molecule has 0 bridgehead atoms. The predicted molar refractivity (Wildman–Crippen MR) is 79.3 cm³/mol. The highest BCUT2D eigenvalue weighted by Crippen LogP contribution is 2.41. The highest BCUT2D eigenvalue weighted by Gasteiger charge is 2.33. The molecular formula is C16H22N4. The van der Waals surface area contributed by atoms with Crippen LogP contribution in [-0.2, 0) is 0 Å². The van der Waals surface area contributed by atoms with Gasteiger partial charge in [-0.2, -0.15) is 0 Å². The van der Waals surface area contributed by atoms with Crippen LogP contribution in [0.1, 0.15) is 62.9 Å². The fraction of sp³-hybridized carbons (Fsp3) is 0.625. The topological polar surface area (TPSA) is 56.7 Å². The summed E-state index contributed by atoms with van der Waals surface area (Å²) in [4.78, 5) is 9.36. The highest BCUT2D eigenvalue weighted by molar-refractivity contribution is 5.71. The lowest BCUT2D eigenvalue weighted by atomic mass is 9.84. The average Bonchev–Trinajstić information content (AvgIpc) is 3.27. The van der Waals surface area contributed by atoms with E-state index in [1.165, 1.54) is 44.9 Å². The number of hydrogen-bond donors (Lipinski definition) is 1. The van der Waals surface area contributed by atoms with Crippen molar-refractivity contribution in [3.8, 4) is 0 Å². The van der Waals surface area contributed by atoms with E-state index in [2.05, 4.69) is 15.6 Å². The first kappa shape index (κ1) is 12.3. The van der Waals surface area contributed by atoms with Gasteiger partial charge in [0, 0.05) is 12.2 Å². The minimum absolute atomic E-state index is 0.0742. The SMILES string of the molecule is NC(c1nc2cccnc2n1C1CC1)C1CCCCC1. The molecule has 0 aliphatic heterocycles. The Morgan fingerprint density at radius 3 is 2.70 bits per heavy atom. The minimum Gasteiger partial charge on any atom is -0.321 e. The van der Waals surface area contributed by atoms with Crippen molar-refractivity contribution in [1.29, 1.82) is 0 Å². The van der Waals surface area contributed by atoms with Gasteiger partial charge >= 0.3 is 0 Å². The maximum absolute atomic E-state index is 6.59. The largest absolute Gasteiger partial charge is 0.321 e. The Morgan fingerprint density at radius 2 is 1.95 bits per heavy atom. The van der Waals surface area contributed by atoms with Gasteiger partial charge in [-0.3, -0.25) is 0 Å². The molecule has 1 unspecified atom stereocenters. The monoisotopic (exact) mass is 270 g/mol. The molecule has 2 aromatic heterocycles. The van der Waals surface area contributed by atoms with Gasteiger partial charge in [-0.1, -0.05) is 19.3 Å². The van der Waals surface area contributed by atoms with E-state index in [1.807, 2.05) is 12.3 Å². The number of rotatable bonds is 3. The summed E-state index contributed by atoms with van der Waals surface area (Å²) in [7, 11) is 0. The fourth-order valence-electron chi connectivity index (χ4n) is 3.58. The van der Waals surface area contributed by atoms with Crippen molar-refractivity contribution < 1.29 is 0 Å².